The van der Waals surface area contributed by atoms with Crippen LogP contribution >= 0.6 is 11.8 Å². The minimum atomic E-state index is -0.920. The number of hydrogen-bond acceptors (Lipinski definition) is 15. The van der Waals surface area contributed by atoms with Crippen molar-refractivity contribution in [2.45, 2.75) is 141 Å². The first kappa shape index (κ1) is 59.2. The molecule has 65 heavy (non-hydrogen) atoms. The van der Waals surface area contributed by atoms with Crippen molar-refractivity contribution in [1.29, 1.82) is 5.41 Å². The van der Waals surface area contributed by atoms with Crippen molar-refractivity contribution >= 4 is 64.5 Å². The fourth-order valence-corrected chi connectivity index (χ4v) is 7.39. The number of ketones is 2. The monoisotopic (exact) mass is 942 g/mol. The second-order valence-corrected chi connectivity index (χ2v) is 17.9. The molecule has 0 aromatic heterocycles. The lowest BCUT2D eigenvalue weighted by molar-refractivity contribution is -0.138. The van der Waals surface area contributed by atoms with Crippen LogP contribution in [0.5, 0.6) is 0 Å². The number of Topliss-reactive ketones (excluding diaryl/α,β-unsaturated/α-hetero) is 2. The van der Waals surface area contributed by atoms with Crippen molar-refractivity contribution in [2.75, 3.05) is 84.8 Å². The Bertz CT molecular complexity index is 1470. The number of amides is 6. The molecule has 0 radical (unpaired) electrons. The molecular formula is C45H79N7O12S. The van der Waals surface area contributed by atoms with Gasteiger partial charge in [0.15, 0.2) is 0 Å². The summed E-state index contributed by atoms with van der Waals surface area (Å²) < 4.78 is 21.9. The SMILES string of the molecule is CC(C)NCCOCCOCCCC(=O)CCC(=O)NCCOCCOCCCC(=O)CCC(=O)N[C@@H](CCCCNC(=O)CCN1C(=O)CC(SCCCC(=N)C(C)C)C1=O)C(N)=O. The molecule has 1 unspecified atom stereocenters. The number of imide groups is 1. The highest BCUT2D eigenvalue weighted by Gasteiger charge is 2.38. The van der Waals surface area contributed by atoms with Crippen LogP contribution in [-0.2, 0) is 57.3 Å². The second kappa shape index (κ2) is 37.3. The number of hydrogen-bond donors (Lipinski definition) is 6. The van der Waals surface area contributed by atoms with Crippen molar-refractivity contribution in [1.82, 2.24) is 26.2 Å². The van der Waals surface area contributed by atoms with E-state index >= 15 is 0 Å². The molecule has 0 saturated carbocycles. The summed E-state index contributed by atoms with van der Waals surface area (Å²) in [4.78, 5) is 99.4. The van der Waals surface area contributed by atoms with E-state index in [4.69, 9.17) is 30.1 Å². The van der Waals surface area contributed by atoms with Crippen LogP contribution in [0.1, 0.15) is 124 Å². The molecule has 20 heteroatoms. The van der Waals surface area contributed by atoms with Crippen molar-refractivity contribution in [3.63, 3.8) is 0 Å². The van der Waals surface area contributed by atoms with Crippen LogP contribution in [0.15, 0.2) is 0 Å². The molecule has 1 saturated heterocycles. The molecule has 0 aliphatic carbocycles. The minimum Gasteiger partial charge on any atom is -0.379 e. The third-order valence-electron chi connectivity index (χ3n) is 10.2. The largest absolute Gasteiger partial charge is 0.379 e. The van der Waals surface area contributed by atoms with Crippen molar-refractivity contribution in [2.24, 2.45) is 11.7 Å². The third-order valence-corrected chi connectivity index (χ3v) is 11.4. The maximum atomic E-state index is 12.7. The number of nitrogens with zero attached hydrogens (tertiary/aromatic N) is 1. The van der Waals surface area contributed by atoms with Gasteiger partial charge in [-0.05, 0) is 56.6 Å². The zero-order valence-corrected chi connectivity index (χ0v) is 40.3. The van der Waals surface area contributed by atoms with Crippen molar-refractivity contribution in [3.05, 3.63) is 0 Å². The van der Waals surface area contributed by atoms with E-state index in [1.165, 1.54) is 11.8 Å². The van der Waals surface area contributed by atoms with Gasteiger partial charge in [-0.25, -0.2) is 0 Å². The number of nitrogens with one attached hydrogen (secondary N) is 5. The predicted molar refractivity (Wildman–Crippen MR) is 248 cm³/mol. The van der Waals surface area contributed by atoms with E-state index < -0.39 is 23.1 Å². The summed E-state index contributed by atoms with van der Waals surface area (Å²) in [5.74, 6) is -1.49. The summed E-state index contributed by atoms with van der Waals surface area (Å²) >= 11 is 1.42. The number of primary amides is 1. The van der Waals surface area contributed by atoms with Crippen LogP contribution < -0.4 is 27.0 Å². The quantitative estimate of drug-likeness (QED) is 0.0291. The standard InChI is InChI=1S/C45H79N7O12S/c1-33(2)37(46)12-9-31-65-39-32-43(58)52(45(39)60)22-18-41(56)49-19-6-5-13-38(44(47)59)51-42(57)17-15-36(54)11-8-24-62-28-30-64-26-21-50-40(55)16-14-35(53)10-7-23-61-27-29-63-25-20-48-34(3)4/h33-34,38-39,46,48H,5-32H2,1-4H3,(H2,47,59)(H,49,56)(H,50,55)(H,51,57)/t38-,39?/m0/s1. The zero-order chi connectivity index (χ0) is 48.2. The Balaban J connectivity index is 2.03. The van der Waals surface area contributed by atoms with E-state index in [2.05, 4.69) is 35.1 Å². The normalized spacial score (nSPS) is 14.2. The first-order valence-electron chi connectivity index (χ1n) is 23.3. The van der Waals surface area contributed by atoms with E-state index in [9.17, 15) is 38.4 Å². The fraction of sp³-hybridized carbons (Fsp3) is 0.800. The number of carbonyl (C=O) groups excluding carboxylic acids is 8. The first-order chi connectivity index (χ1) is 31.1. The molecule has 19 nitrogen and oxygen atoms in total. The van der Waals surface area contributed by atoms with Gasteiger partial charge in [-0.2, -0.15) is 0 Å². The van der Waals surface area contributed by atoms with Crippen LogP contribution in [0.3, 0.4) is 0 Å². The molecule has 0 aromatic rings. The van der Waals surface area contributed by atoms with Crippen LogP contribution in [-0.4, -0.2) is 160 Å². The van der Waals surface area contributed by atoms with Gasteiger partial charge in [0.1, 0.15) is 17.6 Å². The van der Waals surface area contributed by atoms with Crippen molar-refractivity contribution < 1.29 is 57.3 Å². The minimum absolute atomic E-state index is 0.00614. The topological polar surface area (TPSA) is 275 Å². The Morgan fingerprint density at radius 3 is 1.80 bits per heavy atom. The average Bonchev–Trinajstić information content (AvgIpc) is 3.53. The molecule has 1 rings (SSSR count). The van der Waals surface area contributed by atoms with Gasteiger partial charge in [-0.15, -0.1) is 11.8 Å². The Morgan fingerprint density at radius 1 is 0.662 bits per heavy atom. The predicted octanol–water partition coefficient (Wildman–Crippen LogP) is 2.39. The first-order valence-corrected chi connectivity index (χ1v) is 24.4. The van der Waals surface area contributed by atoms with Gasteiger partial charge in [-0.1, -0.05) is 27.7 Å². The van der Waals surface area contributed by atoms with E-state index in [-0.39, 0.29) is 106 Å². The van der Waals surface area contributed by atoms with Crippen LogP contribution in [0, 0.1) is 11.3 Å². The maximum absolute atomic E-state index is 12.7. The average molecular weight is 942 g/mol. The van der Waals surface area contributed by atoms with E-state index in [1.807, 2.05) is 13.8 Å². The molecule has 1 aliphatic rings. The maximum Gasteiger partial charge on any atom is 0.242 e. The third kappa shape index (κ3) is 31.7. The summed E-state index contributed by atoms with van der Waals surface area (Å²) in [5.41, 5.74) is 6.15. The molecule has 2 atom stereocenters. The molecule has 1 aliphatic heterocycles. The number of nitrogens with two attached hydrogens (primary N) is 1. The Labute approximate surface area is 390 Å². The Morgan fingerprint density at radius 2 is 1.22 bits per heavy atom. The Kier molecular flexibility index (Phi) is 34.0. The van der Waals surface area contributed by atoms with E-state index in [0.717, 1.165) is 17.9 Å². The number of ether oxygens (including phenoxy) is 4. The van der Waals surface area contributed by atoms with Crippen molar-refractivity contribution in [3.8, 4) is 0 Å². The van der Waals surface area contributed by atoms with Gasteiger partial charge in [0.05, 0.1) is 44.9 Å². The number of unbranched alkanes of at least 4 members (excludes halogenated alkanes) is 1. The Hall–Kier alpha value is -3.82. The second-order valence-electron chi connectivity index (χ2n) is 16.5. The summed E-state index contributed by atoms with van der Waals surface area (Å²) in [6.07, 6.45) is 4.64. The van der Waals surface area contributed by atoms with Crippen LogP contribution in [0.2, 0.25) is 0 Å². The number of rotatable bonds is 43. The smallest absolute Gasteiger partial charge is 0.242 e. The summed E-state index contributed by atoms with van der Waals surface area (Å²) in [6.45, 7) is 12.8. The number of carbonyl (C=O) groups is 8. The summed E-state index contributed by atoms with van der Waals surface area (Å²) in [7, 11) is 0. The van der Waals surface area contributed by atoms with Gasteiger partial charge >= 0.3 is 0 Å². The number of likely N-dealkylation sites (tertiary alicyclic amines) is 1. The van der Waals surface area contributed by atoms with Crippen LogP contribution in [0.25, 0.3) is 0 Å². The van der Waals surface area contributed by atoms with Gasteiger partial charge in [0.2, 0.25) is 35.4 Å². The molecule has 1 heterocycles. The lowest BCUT2D eigenvalue weighted by Crippen LogP contribution is -2.44. The van der Waals surface area contributed by atoms with E-state index in [1.54, 1.807) is 0 Å². The van der Waals surface area contributed by atoms with Crippen LogP contribution in [0.4, 0.5) is 0 Å². The van der Waals surface area contributed by atoms with E-state index in [0.29, 0.717) is 115 Å². The molecule has 6 amide bonds. The highest BCUT2D eigenvalue weighted by molar-refractivity contribution is 8.00. The zero-order valence-electron chi connectivity index (χ0n) is 39.4. The molecular weight excluding hydrogens is 863 g/mol. The molecule has 0 spiro atoms. The molecule has 0 aromatic carbocycles. The summed E-state index contributed by atoms with van der Waals surface area (Å²) in [5, 5.41) is 18.8. The fourth-order valence-electron chi connectivity index (χ4n) is 6.26. The van der Waals surface area contributed by atoms with Gasteiger partial charge in [0, 0.05) is 103 Å². The molecule has 372 valence electrons. The number of thioether (sulfide) groups is 1. The molecule has 1 fully saturated rings. The highest BCUT2D eigenvalue weighted by atomic mass is 32.2. The van der Waals surface area contributed by atoms with Gasteiger partial charge in [0.25, 0.3) is 0 Å². The molecule has 0 bridgehead atoms. The van der Waals surface area contributed by atoms with Gasteiger partial charge in [-0.3, -0.25) is 43.3 Å². The highest BCUT2D eigenvalue weighted by Crippen LogP contribution is 2.26. The molecule has 7 N–H and O–H groups in total. The lowest BCUT2D eigenvalue weighted by atomic mass is 10.0. The summed E-state index contributed by atoms with van der Waals surface area (Å²) in [6, 6.07) is -0.494. The lowest BCUT2D eigenvalue weighted by Gasteiger charge is -2.16. The van der Waals surface area contributed by atoms with Gasteiger partial charge < -0.3 is 51.4 Å².